The topological polar surface area (TPSA) is 55.8 Å². The first-order chi connectivity index (χ1) is 12.7. The van der Waals surface area contributed by atoms with Crippen molar-refractivity contribution in [2.45, 2.75) is 51.4 Å². The van der Waals surface area contributed by atoms with Crippen LogP contribution in [0.15, 0.2) is 54.6 Å². The lowest BCUT2D eigenvalue weighted by Crippen LogP contribution is -2.33. The Morgan fingerprint density at radius 3 is 2.42 bits per heavy atom. The number of carbonyl (C=O) groups is 1. The van der Waals surface area contributed by atoms with Crippen molar-refractivity contribution < 1.29 is 19.4 Å². The smallest absolute Gasteiger partial charge is 0.333 e. The molecular weight excluding hydrogens is 328 g/mol. The summed E-state index contributed by atoms with van der Waals surface area (Å²) >= 11 is 0. The first kappa shape index (κ1) is 18.5. The number of hydrogen-bond donors (Lipinski definition) is 1. The zero-order valence-corrected chi connectivity index (χ0v) is 15.0. The van der Waals surface area contributed by atoms with E-state index in [0.717, 1.165) is 42.6 Å². The van der Waals surface area contributed by atoms with Crippen LogP contribution in [-0.2, 0) is 22.7 Å². The molecule has 1 fully saturated rings. The van der Waals surface area contributed by atoms with E-state index >= 15 is 0 Å². The van der Waals surface area contributed by atoms with Crippen molar-refractivity contribution in [1.82, 2.24) is 0 Å². The van der Waals surface area contributed by atoms with Gasteiger partial charge in [-0.05, 0) is 42.0 Å². The summed E-state index contributed by atoms with van der Waals surface area (Å²) in [5.41, 5.74) is 2.04. The highest BCUT2D eigenvalue weighted by molar-refractivity contribution is 5.72. The van der Waals surface area contributed by atoms with Crippen LogP contribution in [0.3, 0.4) is 0 Å². The molecule has 1 N–H and O–H groups in total. The van der Waals surface area contributed by atoms with E-state index < -0.39 is 12.1 Å². The van der Waals surface area contributed by atoms with Gasteiger partial charge in [-0.2, -0.15) is 0 Å². The fraction of sp³-hybridized carbons (Fsp3) is 0.409. The largest absolute Gasteiger partial charge is 0.489 e. The maximum absolute atomic E-state index is 11.6. The summed E-state index contributed by atoms with van der Waals surface area (Å²) in [6.45, 7) is 0.793. The van der Waals surface area contributed by atoms with Crippen molar-refractivity contribution in [1.29, 1.82) is 0 Å². The van der Waals surface area contributed by atoms with E-state index in [2.05, 4.69) is 0 Å². The Morgan fingerprint density at radius 1 is 0.962 bits per heavy atom. The second-order valence-electron chi connectivity index (χ2n) is 6.89. The minimum absolute atomic E-state index is 0.124. The van der Waals surface area contributed by atoms with Crippen LogP contribution in [-0.4, -0.2) is 17.2 Å². The standard InChI is InChI=1S/C22H26O4/c23-22(24)21(19-11-5-2-6-12-19)26-16-18-10-7-13-20(14-18)25-15-17-8-3-1-4-9-17/h1,3-4,7-10,13-14,19,21H,2,5-6,11-12,15-16H2,(H,23,24). The molecule has 1 atom stereocenters. The monoisotopic (exact) mass is 354 g/mol. The molecule has 4 heteroatoms. The van der Waals surface area contributed by atoms with Crippen LogP contribution in [0.5, 0.6) is 5.75 Å². The van der Waals surface area contributed by atoms with Crippen LogP contribution < -0.4 is 4.74 Å². The summed E-state index contributed by atoms with van der Waals surface area (Å²) < 4.78 is 11.6. The summed E-state index contributed by atoms with van der Waals surface area (Å²) in [4.78, 5) is 11.6. The van der Waals surface area contributed by atoms with Crippen molar-refractivity contribution >= 4 is 5.97 Å². The van der Waals surface area contributed by atoms with Crippen LogP contribution in [0.2, 0.25) is 0 Å². The molecule has 0 saturated heterocycles. The lowest BCUT2D eigenvalue weighted by Gasteiger charge is -2.27. The van der Waals surface area contributed by atoms with Crippen molar-refractivity contribution in [2.24, 2.45) is 5.92 Å². The summed E-state index contributed by atoms with van der Waals surface area (Å²) in [5.74, 6) is 0.0339. The Bertz CT molecular complexity index is 692. The number of rotatable bonds is 8. The molecule has 2 aromatic rings. The summed E-state index contributed by atoms with van der Waals surface area (Å²) in [6, 6.07) is 17.7. The third-order valence-corrected chi connectivity index (χ3v) is 4.90. The summed E-state index contributed by atoms with van der Waals surface area (Å²) in [5, 5.41) is 9.52. The summed E-state index contributed by atoms with van der Waals surface area (Å²) in [7, 11) is 0. The number of carboxylic acid groups (broad SMARTS) is 1. The van der Waals surface area contributed by atoms with Crippen LogP contribution >= 0.6 is 0 Å². The van der Waals surface area contributed by atoms with Crippen molar-refractivity contribution in [3.8, 4) is 5.75 Å². The molecule has 1 unspecified atom stereocenters. The van der Waals surface area contributed by atoms with Gasteiger partial charge in [-0.25, -0.2) is 4.79 Å². The fourth-order valence-electron chi connectivity index (χ4n) is 3.50. The Hall–Kier alpha value is -2.33. The van der Waals surface area contributed by atoms with Crippen molar-refractivity contribution in [3.63, 3.8) is 0 Å². The van der Waals surface area contributed by atoms with Gasteiger partial charge < -0.3 is 14.6 Å². The second-order valence-corrected chi connectivity index (χ2v) is 6.89. The number of ether oxygens (including phenoxy) is 2. The molecule has 0 spiro atoms. The molecular formula is C22H26O4. The van der Waals surface area contributed by atoms with Gasteiger partial charge >= 0.3 is 5.97 Å². The zero-order chi connectivity index (χ0) is 18.2. The number of aliphatic carboxylic acids is 1. The third-order valence-electron chi connectivity index (χ3n) is 4.90. The van der Waals surface area contributed by atoms with E-state index in [4.69, 9.17) is 9.47 Å². The maximum Gasteiger partial charge on any atom is 0.333 e. The average Bonchev–Trinajstić information content (AvgIpc) is 2.68. The van der Waals surface area contributed by atoms with Gasteiger partial charge in [0.1, 0.15) is 12.4 Å². The van der Waals surface area contributed by atoms with E-state index in [-0.39, 0.29) is 12.5 Å². The normalized spacial score (nSPS) is 16.2. The Balaban J connectivity index is 1.56. The van der Waals surface area contributed by atoms with Crippen LogP contribution in [0.4, 0.5) is 0 Å². The molecule has 3 rings (SSSR count). The minimum atomic E-state index is -0.853. The third kappa shape index (κ3) is 5.33. The van der Waals surface area contributed by atoms with Crippen LogP contribution in [0.25, 0.3) is 0 Å². The van der Waals surface area contributed by atoms with Gasteiger partial charge in [0.25, 0.3) is 0 Å². The molecule has 4 nitrogen and oxygen atoms in total. The maximum atomic E-state index is 11.6. The van der Waals surface area contributed by atoms with Gasteiger partial charge in [-0.1, -0.05) is 61.7 Å². The molecule has 138 valence electrons. The Morgan fingerprint density at radius 2 is 1.69 bits per heavy atom. The molecule has 0 heterocycles. The predicted octanol–water partition coefficient (Wildman–Crippen LogP) is 4.82. The molecule has 0 radical (unpaired) electrons. The highest BCUT2D eigenvalue weighted by Crippen LogP contribution is 2.29. The lowest BCUT2D eigenvalue weighted by molar-refractivity contribution is -0.156. The van der Waals surface area contributed by atoms with Gasteiger partial charge in [0, 0.05) is 0 Å². The molecule has 1 aliphatic carbocycles. The number of benzene rings is 2. The SMILES string of the molecule is O=C(O)C(OCc1cccc(OCc2ccccc2)c1)C1CCCCC1. The zero-order valence-electron chi connectivity index (χ0n) is 15.0. The number of carboxylic acids is 1. The highest BCUT2D eigenvalue weighted by atomic mass is 16.5. The lowest BCUT2D eigenvalue weighted by atomic mass is 9.85. The van der Waals surface area contributed by atoms with Gasteiger partial charge in [-0.3, -0.25) is 0 Å². The second kappa shape index (κ2) is 9.39. The Kier molecular flexibility index (Phi) is 6.67. The first-order valence-corrected chi connectivity index (χ1v) is 9.32. The van der Waals surface area contributed by atoms with E-state index in [0.29, 0.717) is 6.61 Å². The van der Waals surface area contributed by atoms with Gasteiger partial charge in [0.15, 0.2) is 6.10 Å². The molecule has 1 saturated carbocycles. The molecule has 0 aliphatic heterocycles. The van der Waals surface area contributed by atoms with E-state index in [1.165, 1.54) is 6.42 Å². The number of hydrogen-bond acceptors (Lipinski definition) is 3. The molecule has 26 heavy (non-hydrogen) atoms. The highest BCUT2D eigenvalue weighted by Gasteiger charge is 2.30. The fourth-order valence-corrected chi connectivity index (χ4v) is 3.50. The van der Waals surface area contributed by atoms with Gasteiger partial charge in [-0.15, -0.1) is 0 Å². The van der Waals surface area contributed by atoms with Crippen molar-refractivity contribution in [3.05, 3.63) is 65.7 Å². The minimum Gasteiger partial charge on any atom is -0.489 e. The molecule has 0 bridgehead atoms. The van der Waals surface area contributed by atoms with Gasteiger partial charge in [0.2, 0.25) is 0 Å². The molecule has 1 aliphatic rings. The first-order valence-electron chi connectivity index (χ1n) is 9.32. The van der Waals surface area contributed by atoms with Crippen molar-refractivity contribution in [2.75, 3.05) is 0 Å². The summed E-state index contributed by atoms with van der Waals surface area (Å²) in [6.07, 6.45) is 4.56. The average molecular weight is 354 g/mol. The van der Waals surface area contributed by atoms with Crippen LogP contribution in [0.1, 0.15) is 43.2 Å². The molecule has 0 amide bonds. The van der Waals surface area contributed by atoms with E-state index in [9.17, 15) is 9.90 Å². The molecule has 2 aromatic carbocycles. The quantitative estimate of drug-likeness (QED) is 0.739. The van der Waals surface area contributed by atoms with Gasteiger partial charge in [0.05, 0.1) is 6.61 Å². The van der Waals surface area contributed by atoms with E-state index in [1.807, 2.05) is 54.6 Å². The van der Waals surface area contributed by atoms with Crippen LogP contribution in [0, 0.1) is 5.92 Å². The van der Waals surface area contributed by atoms with E-state index in [1.54, 1.807) is 0 Å². The molecule has 0 aromatic heterocycles. The predicted molar refractivity (Wildman–Crippen MR) is 100 cm³/mol. The Labute approximate surface area is 154 Å².